The Hall–Kier alpha value is -2.75. The van der Waals surface area contributed by atoms with Gasteiger partial charge in [-0.2, -0.15) is 15.2 Å². The van der Waals surface area contributed by atoms with Gasteiger partial charge in [0.05, 0.1) is 15.0 Å². The van der Waals surface area contributed by atoms with E-state index in [1.54, 1.807) is 31.2 Å². The Bertz CT molecular complexity index is 912. The highest BCUT2D eigenvalue weighted by molar-refractivity contribution is 14.1. The number of carbonyl (C=O) groups is 2. The number of carbonyl (C=O) groups excluding carboxylic acids is 2. The number of hydrazone groups is 2. The Morgan fingerprint density at radius 3 is 2.73 bits per heavy atom. The summed E-state index contributed by atoms with van der Waals surface area (Å²) in [4.78, 5) is 24.6. The molecule has 2 aromatic carbocycles. The Labute approximate surface area is 163 Å². The molecule has 0 bridgehead atoms. The van der Waals surface area contributed by atoms with Crippen LogP contribution in [0.3, 0.4) is 0 Å². The number of halogens is 1. The molecule has 2 N–H and O–H groups in total. The van der Waals surface area contributed by atoms with Crippen LogP contribution in [0.1, 0.15) is 17.3 Å². The number of phenolic OH excluding ortho intramolecular Hbond substituents is 1. The fourth-order valence-electron chi connectivity index (χ4n) is 2.39. The molecule has 1 heterocycles. The monoisotopic (exact) mass is 462 g/mol. The van der Waals surface area contributed by atoms with E-state index in [1.807, 2.05) is 40.8 Å². The molecule has 2 aromatic rings. The molecule has 0 aliphatic carbocycles. The Kier molecular flexibility index (Phi) is 5.31. The number of amides is 2. The molecule has 0 unspecified atom stereocenters. The molecule has 1 aliphatic heterocycles. The first-order valence-corrected chi connectivity index (χ1v) is 8.81. The van der Waals surface area contributed by atoms with Gasteiger partial charge >= 0.3 is 0 Å². The minimum atomic E-state index is -0.638. The summed E-state index contributed by atoms with van der Waals surface area (Å²) >= 11 is 1.96. The van der Waals surface area contributed by atoms with Crippen molar-refractivity contribution in [2.45, 2.75) is 6.92 Å². The molecular formula is C18H15IN4O3. The zero-order valence-corrected chi connectivity index (χ0v) is 15.9. The summed E-state index contributed by atoms with van der Waals surface area (Å²) in [5.74, 6) is -1.33. The molecular weight excluding hydrogens is 447 g/mol. The van der Waals surface area contributed by atoms with Crippen LogP contribution in [-0.2, 0) is 4.79 Å². The van der Waals surface area contributed by atoms with Gasteiger partial charge in [-0.05, 0) is 59.8 Å². The first-order valence-electron chi connectivity index (χ1n) is 7.73. The molecule has 0 fully saturated rings. The number of nitrogens with one attached hydrogen (secondary N) is 1. The van der Waals surface area contributed by atoms with Crippen molar-refractivity contribution in [2.75, 3.05) is 5.01 Å². The van der Waals surface area contributed by atoms with Crippen molar-refractivity contribution in [3.8, 4) is 5.75 Å². The summed E-state index contributed by atoms with van der Waals surface area (Å²) in [7, 11) is 0. The van der Waals surface area contributed by atoms with Gasteiger partial charge < -0.3 is 5.11 Å². The quantitative estimate of drug-likeness (QED) is 0.416. The van der Waals surface area contributed by atoms with Gasteiger partial charge in [0, 0.05) is 11.8 Å². The second-order valence-corrected chi connectivity index (χ2v) is 6.75. The van der Waals surface area contributed by atoms with E-state index in [9.17, 15) is 14.7 Å². The molecule has 1 atom stereocenters. The van der Waals surface area contributed by atoms with Crippen LogP contribution in [0.2, 0.25) is 0 Å². The summed E-state index contributed by atoms with van der Waals surface area (Å²) in [6, 6.07) is 13.7. The summed E-state index contributed by atoms with van der Waals surface area (Å²) in [6.45, 7) is 1.73. The van der Waals surface area contributed by atoms with E-state index in [4.69, 9.17) is 0 Å². The van der Waals surface area contributed by atoms with Gasteiger partial charge in [-0.1, -0.05) is 18.2 Å². The number of phenols is 1. The van der Waals surface area contributed by atoms with E-state index >= 15 is 0 Å². The summed E-state index contributed by atoms with van der Waals surface area (Å²) in [5.41, 5.74) is 3.89. The lowest BCUT2D eigenvalue weighted by Crippen LogP contribution is -2.29. The largest absolute Gasteiger partial charge is 0.507 e. The van der Waals surface area contributed by atoms with Crippen LogP contribution in [0, 0.1) is 9.49 Å². The number of aromatic hydroxyl groups is 1. The lowest BCUT2D eigenvalue weighted by molar-refractivity contribution is -0.118. The molecule has 132 valence electrons. The molecule has 8 heteroatoms. The van der Waals surface area contributed by atoms with Crippen molar-refractivity contribution >= 4 is 52.0 Å². The molecule has 2 amide bonds. The second-order valence-electron chi connectivity index (χ2n) is 5.59. The van der Waals surface area contributed by atoms with Gasteiger partial charge in [0.2, 0.25) is 0 Å². The lowest BCUT2D eigenvalue weighted by Gasteiger charge is -2.12. The minimum Gasteiger partial charge on any atom is -0.507 e. The lowest BCUT2D eigenvalue weighted by atomic mass is 10.1. The third-order valence-electron chi connectivity index (χ3n) is 3.78. The Balaban J connectivity index is 1.67. The van der Waals surface area contributed by atoms with Crippen molar-refractivity contribution in [2.24, 2.45) is 16.1 Å². The number of hydrogen-bond acceptors (Lipinski definition) is 5. The van der Waals surface area contributed by atoms with Gasteiger partial charge in [-0.15, -0.1) is 0 Å². The van der Waals surface area contributed by atoms with Gasteiger partial charge in [-0.3, -0.25) is 9.59 Å². The molecule has 1 aliphatic rings. The van der Waals surface area contributed by atoms with Crippen molar-refractivity contribution in [1.82, 2.24) is 5.43 Å². The van der Waals surface area contributed by atoms with Gasteiger partial charge in [0.25, 0.3) is 11.8 Å². The van der Waals surface area contributed by atoms with Crippen LogP contribution < -0.4 is 10.4 Å². The number of benzene rings is 2. The van der Waals surface area contributed by atoms with E-state index in [1.165, 1.54) is 17.3 Å². The highest BCUT2D eigenvalue weighted by Gasteiger charge is 2.33. The van der Waals surface area contributed by atoms with Crippen molar-refractivity contribution in [1.29, 1.82) is 0 Å². The molecule has 0 spiro atoms. The second kappa shape index (κ2) is 7.65. The van der Waals surface area contributed by atoms with Crippen LogP contribution in [0.25, 0.3) is 0 Å². The van der Waals surface area contributed by atoms with E-state index in [0.29, 0.717) is 15.0 Å². The fraction of sp³-hybridized carbons (Fsp3) is 0.111. The van der Waals surface area contributed by atoms with Gasteiger partial charge in [0.15, 0.2) is 0 Å². The highest BCUT2D eigenvalue weighted by atomic mass is 127. The third-order valence-corrected chi connectivity index (χ3v) is 4.69. The highest BCUT2D eigenvalue weighted by Crippen LogP contribution is 2.23. The molecule has 0 aromatic heterocycles. The van der Waals surface area contributed by atoms with E-state index < -0.39 is 11.8 Å². The van der Waals surface area contributed by atoms with Crippen molar-refractivity contribution in [3.63, 3.8) is 0 Å². The van der Waals surface area contributed by atoms with Crippen molar-refractivity contribution < 1.29 is 14.7 Å². The average molecular weight is 462 g/mol. The Morgan fingerprint density at radius 1 is 1.31 bits per heavy atom. The maximum Gasteiger partial charge on any atom is 0.271 e. The van der Waals surface area contributed by atoms with Crippen LogP contribution >= 0.6 is 22.6 Å². The van der Waals surface area contributed by atoms with Crippen LogP contribution in [0.15, 0.2) is 58.7 Å². The van der Waals surface area contributed by atoms with Gasteiger partial charge in [-0.25, -0.2) is 5.43 Å². The number of hydrogen-bond donors (Lipinski definition) is 2. The zero-order valence-electron chi connectivity index (χ0n) is 13.8. The summed E-state index contributed by atoms with van der Waals surface area (Å²) < 4.78 is 0.645. The number of anilines is 1. The minimum absolute atomic E-state index is 0.0229. The first kappa shape index (κ1) is 18.1. The standard InChI is InChI=1S/C18H15IN4O3/c1-11-14(18(26)23(22-11)13-5-3-2-4-6-13)10-20-21-17(25)12-7-8-15(19)16(24)9-12/h2-10,14,24H,1H3,(H,21,25)/b20-10-/t14-/m1/s1. The normalized spacial score (nSPS) is 16.8. The molecule has 26 heavy (non-hydrogen) atoms. The summed E-state index contributed by atoms with van der Waals surface area (Å²) in [6.07, 6.45) is 1.36. The predicted octanol–water partition coefficient (Wildman–Crippen LogP) is 2.75. The van der Waals surface area contributed by atoms with E-state index in [2.05, 4.69) is 15.6 Å². The van der Waals surface area contributed by atoms with Crippen molar-refractivity contribution in [3.05, 3.63) is 57.7 Å². The molecule has 0 radical (unpaired) electrons. The number of nitrogens with zero attached hydrogens (tertiary/aromatic N) is 3. The SMILES string of the molecule is CC1=NN(c2ccccc2)C(=O)[C@@H]1/C=N\NC(=O)c1ccc(I)c(O)c1. The Morgan fingerprint density at radius 2 is 2.04 bits per heavy atom. The number of para-hydroxylation sites is 1. The first-order chi connectivity index (χ1) is 12.5. The topological polar surface area (TPSA) is 94.4 Å². The molecule has 0 saturated heterocycles. The predicted molar refractivity (Wildman–Crippen MR) is 107 cm³/mol. The maximum absolute atomic E-state index is 12.5. The summed E-state index contributed by atoms with van der Waals surface area (Å²) in [5, 5.41) is 19.1. The van der Waals surface area contributed by atoms with Crippen LogP contribution in [0.4, 0.5) is 5.69 Å². The molecule has 3 rings (SSSR count). The van der Waals surface area contributed by atoms with E-state index in [-0.39, 0.29) is 17.2 Å². The molecule has 7 nitrogen and oxygen atoms in total. The average Bonchev–Trinajstić information content (AvgIpc) is 2.92. The zero-order chi connectivity index (χ0) is 18.7. The van der Waals surface area contributed by atoms with Gasteiger partial charge in [0.1, 0.15) is 11.7 Å². The third kappa shape index (κ3) is 3.74. The smallest absolute Gasteiger partial charge is 0.271 e. The van der Waals surface area contributed by atoms with Crippen LogP contribution in [-0.4, -0.2) is 28.8 Å². The van der Waals surface area contributed by atoms with Crippen LogP contribution in [0.5, 0.6) is 5.75 Å². The maximum atomic E-state index is 12.5. The molecule has 0 saturated carbocycles. The number of rotatable bonds is 4. The van der Waals surface area contributed by atoms with E-state index in [0.717, 1.165) is 0 Å². The fourth-order valence-corrected chi connectivity index (χ4v) is 2.73.